The third-order valence-corrected chi connectivity index (χ3v) is 2.39. The van der Waals surface area contributed by atoms with Crippen LogP contribution >= 0.6 is 15.9 Å². The Kier molecular flexibility index (Phi) is 2.13. The molecule has 12 heavy (non-hydrogen) atoms. The molecular weight excluding hydrogens is 216 g/mol. The highest BCUT2D eigenvalue weighted by Gasteiger charge is 2.16. The van der Waals surface area contributed by atoms with Gasteiger partial charge in [0.1, 0.15) is 0 Å². The van der Waals surface area contributed by atoms with Crippen LogP contribution in [0.25, 0.3) is 0 Å². The molecule has 0 spiro atoms. The number of hydrogen-bond acceptors (Lipinski definition) is 2. The molecular formula is C9H9BrN2. The summed E-state index contributed by atoms with van der Waals surface area (Å²) in [4.78, 5) is 4.22. The lowest BCUT2D eigenvalue weighted by Crippen LogP contribution is -2.18. The van der Waals surface area contributed by atoms with Crippen LogP contribution in [-0.4, -0.2) is 11.3 Å². The van der Waals surface area contributed by atoms with Crippen molar-refractivity contribution in [3.8, 4) is 0 Å². The van der Waals surface area contributed by atoms with Crippen LogP contribution in [0.15, 0.2) is 35.3 Å². The molecule has 0 aliphatic carbocycles. The van der Waals surface area contributed by atoms with E-state index in [0.717, 1.165) is 11.3 Å². The first-order valence-electron chi connectivity index (χ1n) is 3.88. The lowest BCUT2D eigenvalue weighted by molar-refractivity contribution is 0.712. The van der Waals surface area contributed by atoms with Crippen molar-refractivity contribution in [3.63, 3.8) is 0 Å². The smallest absolute Gasteiger partial charge is 0.166 e. The molecule has 62 valence electrons. The van der Waals surface area contributed by atoms with Gasteiger partial charge >= 0.3 is 0 Å². The Balaban J connectivity index is 2.14. The summed E-state index contributed by atoms with van der Waals surface area (Å²) in [5, 5.41) is 3.24. The molecule has 1 aromatic carbocycles. The molecule has 3 heteroatoms. The van der Waals surface area contributed by atoms with Gasteiger partial charge < -0.3 is 5.32 Å². The fourth-order valence-electron chi connectivity index (χ4n) is 1.28. The fraction of sp³-hybridized carbons (Fsp3) is 0.222. The van der Waals surface area contributed by atoms with Crippen molar-refractivity contribution >= 4 is 20.7 Å². The van der Waals surface area contributed by atoms with E-state index in [9.17, 15) is 0 Å². The minimum atomic E-state index is 0.348. The Bertz CT molecular complexity index is 295. The maximum atomic E-state index is 4.22. The van der Waals surface area contributed by atoms with Gasteiger partial charge in [-0.25, -0.2) is 0 Å². The van der Waals surface area contributed by atoms with Crippen LogP contribution in [0, 0.1) is 0 Å². The predicted molar refractivity (Wildman–Crippen MR) is 53.5 cm³/mol. The first-order chi connectivity index (χ1) is 5.86. The molecule has 1 atom stereocenters. The number of benzene rings is 1. The van der Waals surface area contributed by atoms with Crippen molar-refractivity contribution in [1.82, 2.24) is 5.32 Å². The Hall–Kier alpha value is -0.830. The molecule has 2 rings (SSSR count). The fourth-order valence-corrected chi connectivity index (χ4v) is 1.70. The minimum absolute atomic E-state index is 0.348. The number of rotatable bonds is 1. The van der Waals surface area contributed by atoms with E-state index in [4.69, 9.17) is 0 Å². The maximum Gasteiger partial charge on any atom is 0.166 e. The minimum Gasteiger partial charge on any atom is -0.356 e. The molecule has 0 fully saturated rings. The molecule has 0 bridgehead atoms. The van der Waals surface area contributed by atoms with E-state index in [1.807, 2.05) is 18.2 Å². The van der Waals surface area contributed by atoms with Gasteiger partial charge in [0.05, 0.1) is 12.6 Å². The number of aliphatic imine (C=N–C) groups is 1. The number of amidine groups is 1. The maximum absolute atomic E-state index is 4.22. The first kappa shape index (κ1) is 7.80. The highest BCUT2D eigenvalue weighted by Crippen LogP contribution is 2.17. The van der Waals surface area contributed by atoms with E-state index in [0.29, 0.717) is 6.04 Å². The standard InChI is InChI=1S/C9H9BrN2/c10-9-11-6-8(12-9)7-4-2-1-3-5-7/h1-5,8H,6H2,(H,11,12). The molecule has 1 N–H and O–H groups in total. The zero-order valence-corrected chi connectivity index (χ0v) is 8.08. The topological polar surface area (TPSA) is 24.4 Å². The van der Waals surface area contributed by atoms with Crippen molar-refractivity contribution in [2.75, 3.05) is 6.54 Å². The van der Waals surface area contributed by atoms with Gasteiger partial charge in [0.2, 0.25) is 0 Å². The zero-order valence-electron chi connectivity index (χ0n) is 6.50. The largest absolute Gasteiger partial charge is 0.356 e. The normalized spacial score (nSPS) is 21.8. The highest BCUT2D eigenvalue weighted by molar-refractivity contribution is 9.18. The van der Waals surface area contributed by atoms with Gasteiger partial charge in [0.25, 0.3) is 0 Å². The Morgan fingerprint density at radius 2 is 2.08 bits per heavy atom. The summed E-state index contributed by atoms with van der Waals surface area (Å²) in [5.74, 6) is 0. The predicted octanol–water partition coefficient (Wildman–Crippen LogP) is 2.08. The van der Waals surface area contributed by atoms with Crippen molar-refractivity contribution in [2.45, 2.75) is 6.04 Å². The van der Waals surface area contributed by atoms with Gasteiger partial charge in [-0.15, -0.1) is 0 Å². The summed E-state index contributed by atoms with van der Waals surface area (Å²) in [6.07, 6.45) is 0. The van der Waals surface area contributed by atoms with E-state index in [1.165, 1.54) is 5.56 Å². The van der Waals surface area contributed by atoms with Crippen LogP contribution in [0.1, 0.15) is 11.6 Å². The first-order valence-corrected chi connectivity index (χ1v) is 4.67. The molecule has 0 radical (unpaired) electrons. The molecule has 0 amide bonds. The van der Waals surface area contributed by atoms with Crippen LogP contribution in [0.4, 0.5) is 0 Å². The van der Waals surface area contributed by atoms with E-state index >= 15 is 0 Å². The molecule has 0 saturated heterocycles. The third kappa shape index (κ3) is 1.50. The van der Waals surface area contributed by atoms with Crippen LogP contribution in [0.3, 0.4) is 0 Å². The van der Waals surface area contributed by atoms with Crippen molar-refractivity contribution in [1.29, 1.82) is 0 Å². The van der Waals surface area contributed by atoms with Gasteiger partial charge in [-0.1, -0.05) is 30.3 Å². The summed E-state index contributed by atoms with van der Waals surface area (Å²) in [5.41, 5.74) is 1.29. The second-order valence-corrected chi connectivity index (χ2v) is 3.49. The highest BCUT2D eigenvalue weighted by atomic mass is 79.9. The summed E-state index contributed by atoms with van der Waals surface area (Å²) >= 11 is 3.31. The lowest BCUT2D eigenvalue weighted by Gasteiger charge is -2.09. The monoisotopic (exact) mass is 224 g/mol. The third-order valence-electron chi connectivity index (χ3n) is 1.91. The molecule has 0 aromatic heterocycles. The number of nitrogens with one attached hydrogen (secondary N) is 1. The van der Waals surface area contributed by atoms with Crippen LogP contribution < -0.4 is 5.32 Å². The number of halogens is 1. The van der Waals surface area contributed by atoms with Gasteiger partial charge in [-0.2, -0.15) is 0 Å². The number of hydrogen-bond donors (Lipinski definition) is 1. The molecule has 1 unspecified atom stereocenters. The second kappa shape index (κ2) is 3.27. The van der Waals surface area contributed by atoms with E-state index in [2.05, 4.69) is 38.4 Å². The Morgan fingerprint density at radius 1 is 1.33 bits per heavy atom. The zero-order chi connectivity index (χ0) is 8.39. The van der Waals surface area contributed by atoms with Crippen molar-refractivity contribution in [2.24, 2.45) is 4.99 Å². The molecule has 1 aliphatic rings. The summed E-state index contributed by atoms with van der Waals surface area (Å²) in [6, 6.07) is 10.7. The van der Waals surface area contributed by atoms with Crippen LogP contribution in [0.2, 0.25) is 0 Å². The van der Waals surface area contributed by atoms with Crippen LogP contribution in [-0.2, 0) is 0 Å². The lowest BCUT2D eigenvalue weighted by atomic mass is 10.1. The summed E-state index contributed by atoms with van der Waals surface area (Å²) in [6.45, 7) is 0.824. The molecule has 1 heterocycles. The summed E-state index contributed by atoms with van der Waals surface area (Å²) < 4.78 is 0.858. The summed E-state index contributed by atoms with van der Waals surface area (Å²) in [7, 11) is 0. The molecule has 1 aliphatic heterocycles. The average Bonchev–Trinajstić information content (AvgIpc) is 2.54. The number of nitrogens with zero attached hydrogens (tertiary/aromatic N) is 1. The SMILES string of the molecule is BrC1=NCC(c2ccccc2)N1. The molecule has 2 nitrogen and oxygen atoms in total. The van der Waals surface area contributed by atoms with Gasteiger partial charge in [-0.05, 0) is 21.5 Å². The average molecular weight is 225 g/mol. The van der Waals surface area contributed by atoms with Gasteiger partial charge in [0, 0.05) is 0 Å². The van der Waals surface area contributed by atoms with Gasteiger partial charge in [-0.3, -0.25) is 4.99 Å². The van der Waals surface area contributed by atoms with E-state index in [-0.39, 0.29) is 0 Å². The van der Waals surface area contributed by atoms with Gasteiger partial charge in [0.15, 0.2) is 4.74 Å². The van der Waals surface area contributed by atoms with Crippen LogP contribution in [0.5, 0.6) is 0 Å². The van der Waals surface area contributed by atoms with E-state index < -0.39 is 0 Å². The van der Waals surface area contributed by atoms with E-state index in [1.54, 1.807) is 0 Å². The van der Waals surface area contributed by atoms with Crippen molar-refractivity contribution < 1.29 is 0 Å². The Morgan fingerprint density at radius 3 is 2.67 bits per heavy atom. The van der Waals surface area contributed by atoms with Crippen molar-refractivity contribution in [3.05, 3.63) is 35.9 Å². The molecule has 0 saturated carbocycles. The molecule has 1 aromatic rings. The second-order valence-electron chi connectivity index (χ2n) is 2.74. The Labute approximate surface area is 79.8 Å². The quantitative estimate of drug-likeness (QED) is 0.727.